The minimum absolute atomic E-state index is 0.0323. The minimum atomic E-state index is -3.15. The predicted octanol–water partition coefficient (Wildman–Crippen LogP) is 0.206. The number of nitrogens with zero attached hydrogens (tertiary/aromatic N) is 3. The maximum atomic E-state index is 12.0. The Labute approximate surface area is 146 Å². The highest BCUT2D eigenvalue weighted by molar-refractivity contribution is 7.88. The molecule has 0 bridgehead atoms. The van der Waals surface area contributed by atoms with Gasteiger partial charge >= 0.3 is 5.97 Å². The Morgan fingerprint density at radius 2 is 1.64 bits per heavy atom. The standard InChI is InChI=1S/C16H21N3O5S/c1-25(23,24)18-8-6-17(7-9-18)13-2-4-14(5-3-13)19-11-12(16(21)22)10-15(19)20/h2-5,12H,6-11H2,1H3,(H,21,22)/t12-/m1/s1. The highest BCUT2D eigenvalue weighted by Gasteiger charge is 2.35. The molecule has 136 valence electrons. The first kappa shape index (κ1) is 17.7. The van der Waals surface area contributed by atoms with Crippen molar-refractivity contribution in [3.63, 3.8) is 0 Å². The lowest BCUT2D eigenvalue weighted by molar-refractivity contribution is -0.141. The Morgan fingerprint density at radius 3 is 2.12 bits per heavy atom. The van der Waals surface area contributed by atoms with Gasteiger partial charge in [0, 0.05) is 50.5 Å². The highest BCUT2D eigenvalue weighted by atomic mass is 32.2. The average molecular weight is 367 g/mol. The second kappa shape index (κ2) is 6.64. The number of carboxylic acids is 1. The summed E-state index contributed by atoms with van der Waals surface area (Å²) < 4.78 is 24.6. The number of piperazine rings is 1. The molecule has 2 aliphatic heterocycles. The zero-order valence-electron chi connectivity index (χ0n) is 14.0. The van der Waals surface area contributed by atoms with Crippen molar-refractivity contribution < 1.29 is 23.1 Å². The van der Waals surface area contributed by atoms with Crippen LogP contribution < -0.4 is 9.80 Å². The van der Waals surface area contributed by atoms with Crippen LogP contribution in [0.2, 0.25) is 0 Å². The van der Waals surface area contributed by atoms with Gasteiger partial charge in [-0.2, -0.15) is 4.31 Å². The van der Waals surface area contributed by atoms with Crippen LogP contribution in [0.5, 0.6) is 0 Å². The summed E-state index contributed by atoms with van der Waals surface area (Å²) in [6.07, 6.45) is 1.25. The van der Waals surface area contributed by atoms with Crippen LogP contribution in [-0.4, -0.2) is 68.7 Å². The van der Waals surface area contributed by atoms with Crippen LogP contribution in [0.15, 0.2) is 24.3 Å². The van der Waals surface area contributed by atoms with Crippen LogP contribution in [-0.2, 0) is 19.6 Å². The molecule has 3 rings (SSSR count). The fraction of sp³-hybridized carbons (Fsp3) is 0.500. The Hall–Kier alpha value is -2.13. The van der Waals surface area contributed by atoms with Crippen LogP contribution in [0.1, 0.15) is 6.42 Å². The topological polar surface area (TPSA) is 98.2 Å². The number of carbonyl (C=O) groups excluding carboxylic acids is 1. The molecule has 0 spiro atoms. The lowest BCUT2D eigenvalue weighted by Gasteiger charge is -2.34. The molecule has 1 N–H and O–H groups in total. The van der Waals surface area contributed by atoms with Crippen molar-refractivity contribution >= 4 is 33.3 Å². The van der Waals surface area contributed by atoms with Crippen LogP contribution in [0.3, 0.4) is 0 Å². The smallest absolute Gasteiger partial charge is 0.308 e. The predicted molar refractivity (Wildman–Crippen MR) is 93.2 cm³/mol. The number of anilines is 2. The molecule has 8 nitrogen and oxygen atoms in total. The van der Waals surface area contributed by atoms with Gasteiger partial charge < -0.3 is 14.9 Å². The van der Waals surface area contributed by atoms with Gasteiger partial charge in [0.2, 0.25) is 15.9 Å². The normalized spacial score (nSPS) is 22.4. The SMILES string of the molecule is CS(=O)(=O)N1CCN(c2ccc(N3C[C@H](C(=O)O)CC3=O)cc2)CC1. The second-order valence-corrected chi connectivity index (χ2v) is 8.39. The molecule has 2 aliphatic rings. The summed E-state index contributed by atoms with van der Waals surface area (Å²) in [5.74, 6) is -1.78. The average Bonchev–Trinajstić information content (AvgIpc) is 2.96. The Morgan fingerprint density at radius 1 is 1.08 bits per heavy atom. The zero-order valence-corrected chi connectivity index (χ0v) is 14.8. The van der Waals surface area contributed by atoms with Crippen molar-refractivity contribution in [2.45, 2.75) is 6.42 Å². The zero-order chi connectivity index (χ0) is 18.2. The van der Waals surface area contributed by atoms with Gasteiger partial charge in [-0.15, -0.1) is 0 Å². The van der Waals surface area contributed by atoms with Crippen molar-refractivity contribution in [3.8, 4) is 0 Å². The van der Waals surface area contributed by atoms with Gasteiger partial charge in [0.15, 0.2) is 0 Å². The molecule has 0 unspecified atom stereocenters. The Kier molecular flexibility index (Phi) is 4.70. The van der Waals surface area contributed by atoms with Crippen molar-refractivity contribution in [2.75, 3.05) is 48.8 Å². The molecule has 0 radical (unpaired) electrons. The monoisotopic (exact) mass is 367 g/mol. The molecule has 1 aromatic rings. The van der Waals surface area contributed by atoms with E-state index in [-0.39, 0.29) is 18.9 Å². The van der Waals surface area contributed by atoms with Gasteiger partial charge in [-0.25, -0.2) is 8.42 Å². The number of amides is 1. The molecule has 2 heterocycles. The number of benzene rings is 1. The molecule has 0 saturated carbocycles. The van der Waals surface area contributed by atoms with Crippen LogP contribution in [0.4, 0.5) is 11.4 Å². The summed E-state index contributed by atoms with van der Waals surface area (Å²) in [7, 11) is -3.15. The first-order chi connectivity index (χ1) is 11.8. The molecule has 1 atom stereocenters. The summed E-state index contributed by atoms with van der Waals surface area (Å²) in [5, 5.41) is 9.06. The molecule has 9 heteroatoms. The van der Waals surface area contributed by atoms with Gasteiger partial charge in [0.1, 0.15) is 0 Å². The first-order valence-corrected chi connectivity index (χ1v) is 9.94. The summed E-state index contributed by atoms with van der Waals surface area (Å²) in [6, 6.07) is 7.38. The quantitative estimate of drug-likeness (QED) is 0.817. The maximum absolute atomic E-state index is 12.0. The lowest BCUT2D eigenvalue weighted by atomic mass is 10.1. The van der Waals surface area contributed by atoms with Crippen LogP contribution in [0, 0.1) is 5.92 Å². The lowest BCUT2D eigenvalue weighted by Crippen LogP contribution is -2.48. The van der Waals surface area contributed by atoms with E-state index in [2.05, 4.69) is 4.90 Å². The number of rotatable bonds is 4. The van der Waals surface area contributed by atoms with Crippen molar-refractivity contribution in [1.29, 1.82) is 0 Å². The van der Waals surface area contributed by atoms with Crippen molar-refractivity contribution in [3.05, 3.63) is 24.3 Å². The van der Waals surface area contributed by atoms with E-state index in [0.717, 1.165) is 5.69 Å². The van der Waals surface area contributed by atoms with E-state index in [0.29, 0.717) is 31.9 Å². The molecule has 25 heavy (non-hydrogen) atoms. The summed E-state index contributed by atoms with van der Waals surface area (Å²) in [6.45, 7) is 2.31. The van der Waals surface area contributed by atoms with E-state index in [9.17, 15) is 18.0 Å². The first-order valence-electron chi connectivity index (χ1n) is 8.09. The summed E-state index contributed by atoms with van der Waals surface area (Å²) in [5.41, 5.74) is 1.64. The summed E-state index contributed by atoms with van der Waals surface area (Å²) >= 11 is 0. The number of hydrogen-bond donors (Lipinski definition) is 1. The van der Waals surface area contributed by atoms with E-state index in [1.165, 1.54) is 15.5 Å². The van der Waals surface area contributed by atoms with Gasteiger partial charge in [-0.1, -0.05) is 0 Å². The molecule has 1 aromatic carbocycles. The molecule has 0 aliphatic carbocycles. The molecule has 2 fully saturated rings. The van der Waals surface area contributed by atoms with E-state index in [1.54, 1.807) is 12.1 Å². The third kappa shape index (κ3) is 3.77. The molecule has 2 saturated heterocycles. The van der Waals surface area contributed by atoms with Crippen LogP contribution in [0.25, 0.3) is 0 Å². The largest absolute Gasteiger partial charge is 0.481 e. The van der Waals surface area contributed by atoms with Crippen molar-refractivity contribution in [2.24, 2.45) is 5.92 Å². The third-order valence-corrected chi connectivity index (χ3v) is 6.01. The molecular formula is C16H21N3O5S. The second-order valence-electron chi connectivity index (χ2n) is 6.41. The Balaban J connectivity index is 1.66. The molecule has 1 amide bonds. The van der Waals surface area contributed by atoms with Gasteiger partial charge in [0.05, 0.1) is 12.2 Å². The number of carboxylic acid groups (broad SMARTS) is 1. The van der Waals surface area contributed by atoms with Crippen molar-refractivity contribution in [1.82, 2.24) is 4.31 Å². The number of hydrogen-bond acceptors (Lipinski definition) is 5. The van der Waals surface area contributed by atoms with Gasteiger partial charge in [-0.3, -0.25) is 9.59 Å². The number of sulfonamides is 1. The fourth-order valence-electron chi connectivity index (χ4n) is 3.24. The van der Waals surface area contributed by atoms with Gasteiger partial charge in [-0.05, 0) is 24.3 Å². The fourth-order valence-corrected chi connectivity index (χ4v) is 4.07. The molecule has 0 aromatic heterocycles. The maximum Gasteiger partial charge on any atom is 0.308 e. The van der Waals surface area contributed by atoms with Gasteiger partial charge in [0.25, 0.3) is 0 Å². The van der Waals surface area contributed by atoms with E-state index < -0.39 is 21.9 Å². The van der Waals surface area contributed by atoms with E-state index in [4.69, 9.17) is 5.11 Å². The summed E-state index contributed by atoms with van der Waals surface area (Å²) in [4.78, 5) is 26.6. The van der Waals surface area contributed by atoms with E-state index in [1.807, 2.05) is 12.1 Å². The van der Waals surface area contributed by atoms with E-state index >= 15 is 0 Å². The highest BCUT2D eigenvalue weighted by Crippen LogP contribution is 2.27. The number of aliphatic carboxylic acids is 1. The molecular weight excluding hydrogens is 346 g/mol. The Bertz CT molecular complexity index is 769. The number of carbonyl (C=O) groups is 2. The third-order valence-electron chi connectivity index (χ3n) is 4.71. The minimum Gasteiger partial charge on any atom is -0.481 e. The van der Waals surface area contributed by atoms with Crippen LogP contribution >= 0.6 is 0 Å².